The Kier molecular flexibility index (Phi) is 11.0. The minimum Gasteiger partial charge on any atom is -0.459 e. The number of benzene rings is 4. The molecule has 64 heavy (non-hydrogen) atoms. The normalized spacial score (nSPS) is 34.1. The van der Waals surface area contributed by atoms with Gasteiger partial charge in [-0.25, -0.2) is 14.6 Å². The zero-order chi connectivity index (χ0) is 45.4. The average Bonchev–Trinajstić information content (AvgIpc) is 3.75. The second-order valence-corrected chi connectivity index (χ2v) is 23.6. The smallest absolute Gasteiger partial charge is 0.350 e. The first-order chi connectivity index (χ1) is 30.4. The van der Waals surface area contributed by atoms with Crippen LogP contribution in [0.4, 0.5) is 0 Å². The number of ether oxygens (including phenoxy) is 4. The first-order valence-electron chi connectivity index (χ1n) is 22.2. The molecule has 2 N–H and O–H groups in total. The van der Waals surface area contributed by atoms with Crippen LogP contribution in [0.1, 0.15) is 75.0 Å². The third-order valence-corrected chi connectivity index (χ3v) is 18.0. The SMILES string of the molecule is CC1=C2C(=O)[C@H](O)[C@]3(C)[C@@H](O[Si](C)(C)c4ccccc4)C[C@H]4OC[C@@]4(C)[C@H]3[C@H](OC(=O)c3ccccc3)[C@](O)(C[C@@H]1OC(=O)[C@@H]1OC(c3ccccc3)=NC1c1ccccc1)C2(C)C. The summed E-state index contributed by atoms with van der Waals surface area (Å²) in [5, 5.41) is 28.0. The van der Waals surface area contributed by atoms with Gasteiger partial charge >= 0.3 is 11.9 Å². The van der Waals surface area contributed by atoms with Gasteiger partial charge in [0.05, 0.1) is 24.4 Å². The Morgan fingerprint density at radius 2 is 1.42 bits per heavy atom. The number of Topliss-reactive ketones (excluding diaryl/α,β-unsaturated/α-hetero) is 1. The molecule has 0 aromatic heterocycles. The van der Waals surface area contributed by atoms with Crippen molar-refractivity contribution in [3.63, 3.8) is 0 Å². The quantitative estimate of drug-likeness (QED) is 0.132. The minimum absolute atomic E-state index is 0.107. The van der Waals surface area contributed by atoms with Crippen molar-refractivity contribution in [3.8, 4) is 0 Å². The molecule has 2 bridgehead atoms. The molecule has 5 aliphatic rings. The molecule has 334 valence electrons. The summed E-state index contributed by atoms with van der Waals surface area (Å²) < 4.78 is 33.1. The highest BCUT2D eigenvalue weighted by Gasteiger charge is 2.75. The maximum atomic E-state index is 15.5. The minimum atomic E-state index is -2.76. The van der Waals surface area contributed by atoms with E-state index in [0.717, 1.165) is 10.8 Å². The van der Waals surface area contributed by atoms with Gasteiger partial charge in [0.2, 0.25) is 20.3 Å². The first-order valence-corrected chi connectivity index (χ1v) is 25.1. The molecule has 12 heteroatoms. The van der Waals surface area contributed by atoms with Crippen molar-refractivity contribution >= 4 is 37.1 Å². The highest BCUT2D eigenvalue weighted by molar-refractivity contribution is 6.84. The van der Waals surface area contributed by atoms with Gasteiger partial charge in [-0.3, -0.25) is 4.79 Å². The largest absolute Gasteiger partial charge is 0.459 e. The Bertz CT molecular complexity index is 2500. The Morgan fingerprint density at radius 3 is 2.03 bits per heavy atom. The number of nitrogens with zero attached hydrogens (tertiary/aromatic N) is 1. The molecule has 4 aromatic carbocycles. The second kappa shape index (κ2) is 16.0. The zero-order valence-electron chi connectivity index (χ0n) is 37.4. The van der Waals surface area contributed by atoms with Crippen molar-refractivity contribution < 1.29 is 48.0 Å². The monoisotopic (exact) mass is 883 g/mol. The number of fused-ring (bicyclic) bond motifs is 5. The van der Waals surface area contributed by atoms with E-state index >= 15 is 4.79 Å². The van der Waals surface area contributed by atoms with Crippen molar-refractivity contribution in [3.05, 3.63) is 149 Å². The van der Waals surface area contributed by atoms with Crippen LogP contribution in [0.25, 0.3) is 0 Å². The van der Waals surface area contributed by atoms with Gasteiger partial charge in [-0.05, 0) is 67.0 Å². The van der Waals surface area contributed by atoms with Crippen LogP contribution >= 0.6 is 0 Å². The van der Waals surface area contributed by atoms with Gasteiger partial charge in [0.25, 0.3) is 0 Å². The van der Waals surface area contributed by atoms with E-state index in [0.29, 0.717) is 17.6 Å². The standard InChI is InChI=1S/C52H57NO10Si/c1-31-36(60-48(57)42-40(32-20-12-8-13-21-32)53-46(61-42)33-22-14-9-15-23-33)29-52(58)45(62-47(56)34-24-16-10-17-25-34)43-50(4)30-59-37(50)28-38(63-64(6,7)35-26-18-11-19-27-35)51(43,5)44(55)41(54)39(31)49(52,2)3/h8-27,36-38,40,42-45,55,58H,28-30H2,1-7H3/t36-,37+,38-,40?,42+,43+,44-,45-,50+,51+,52+/m0/s1. The van der Waals surface area contributed by atoms with Crippen LogP contribution < -0.4 is 5.19 Å². The predicted octanol–water partition coefficient (Wildman–Crippen LogP) is 7.06. The Balaban J connectivity index is 1.17. The summed E-state index contributed by atoms with van der Waals surface area (Å²) in [5.74, 6) is -2.65. The van der Waals surface area contributed by atoms with E-state index in [1.54, 1.807) is 51.1 Å². The molecule has 3 aliphatic carbocycles. The topological polar surface area (TPSA) is 150 Å². The molecule has 2 saturated carbocycles. The van der Waals surface area contributed by atoms with Crippen LogP contribution in [0.15, 0.2) is 137 Å². The molecule has 2 aliphatic heterocycles. The fraction of sp³-hybridized carbons (Fsp3) is 0.423. The number of carbonyl (C=O) groups is 3. The molecule has 9 rings (SSSR count). The summed E-state index contributed by atoms with van der Waals surface area (Å²) in [4.78, 5) is 49.6. The molecule has 0 radical (unpaired) electrons. The van der Waals surface area contributed by atoms with Crippen molar-refractivity contribution in [1.29, 1.82) is 0 Å². The van der Waals surface area contributed by atoms with E-state index in [9.17, 15) is 19.8 Å². The van der Waals surface area contributed by atoms with Crippen LogP contribution in [0, 0.1) is 22.2 Å². The highest BCUT2D eigenvalue weighted by Crippen LogP contribution is 2.66. The number of esters is 2. The van der Waals surface area contributed by atoms with Gasteiger partial charge in [0, 0.05) is 39.7 Å². The number of aliphatic imine (C=N–C) groups is 1. The van der Waals surface area contributed by atoms with E-state index in [-0.39, 0.29) is 30.1 Å². The Hall–Kier alpha value is -5.24. The van der Waals surface area contributed by atoms with E-state index in [4.69, 9.17) is 28.4 Å². The molecule has 0 spiro atoms. The van der Waals surface area contributed by atoms with Gasteiger partial charge in [-0.2, -0.15) is 0 Å². The van der Waals surface area contributed by atoms with Crippen LogP contribution in [0.5, 0.6) is 0 Å². The summed E-state index contributed by atoms with van der Waals surface area (Å²) in [6, 6.07) is 36.4. The number of aliphatic hydroxyl groups excluding tert-OH is 1. The zero-order valence-corrected chi connectivity index (χ0v) is 38.4. The van der Waals surface area contributed by atoms with E-state index in [1.807, 2.05) is 105 Å². The molecule has 11 atom stereocenters. The van der Waals surface area contributed by atoms with Crippen LogP contribution in [0.2, 0.25) is 13.1 Å². The lowest BCUT2D eigenvalue weighted by molar-refractivity contribution is -0.326. The third kappa shape index (κ3) is 6.91. The number of carbonyl (C=O) groups excluding carboxylic acids is 3. The van der Waals surface area contributed by atoms with Gasteiger partial charge in [-0.1, -0.05) is 125 Å². The third-order valence-electron chi connectivity index (χ3n) is 15.4. The van der Waals surface area contributed by atoms with Gasteiger partial charge in [-0.15, -0.1) is 0 Å². The number of aliphatic hydroxyl groups is 2. The summed E-state index contributed by atoms with van der Waals surface area (Å²) in [6.07, 6.45) is -6.51. The van der Waals surface area contributed by atoms with Crippen molar-refractivity contribution in [2.24, 2.45) is 27.2 Å². The van der Waals surface area contributed by atoms with Gasteiger partial charge < -0.3 is 33.6 Å². The lowest BCUT2D eigenvalue weighted by Gasteiger charge is -2.69. The molecule has 11 nitrogen and oxygen atoms in total. The fourth-order valence-electron chi connectivity index (χ4n) is 11.6. The number of hydrogen-bond acceptors (Lipinski definition) is 11. The van der Waals surface area contributed by atoms with Crippen molar-refractivity contribution in [2.75, 3.05) is 6.61 Å². The number of rotatable bonds is 9. The van der Waals surface area contributed by atoms with Gasteiger partial charge in [0.1, 0.15) is 30.0 Å². The molecule has 3 fully saturated rings. The summed E-state index contributed by atoms with van der Waals surface area (Å²) in [6.45, 7) is 13.5. The predicted molar refractivity (Wildman–Crippen MR) is 242 cm³/mol. The highest BCUT2D eigenvalue weighted by atomic mass is 28.4. The number of hydrogen-bond donors (Lipinski definition) is 2. The van der Waals surface area contributed by atoms with E-state index < -0.39 is 96.5 Å². The summed E-state index contributed by atoms with van der Waals surface area (Å²) in [7, 11) is -2.76. The first kappa shape index (κ1) is 44.0. The van der Waals surface area contributed by atoms with Gasteiger partial charge in [0.15, 0.2) is 5.78 Å². The molecule has 0 amide bonds. The maximum Gasteiger partial charge on any atom is 0.350 e. The lowest BCUT2D eigenvalue weighted by Crippen LogP contribution is -2.78. The summed E-state index contributed by atoms with van der Waals surface area (Å²) >= 11 is 0. The van der Waals surface area contributed by atoms with Crippen LogP contribution in [0.3, 0.4) is 0 Å². The molecule has 2 heterocycles. The van der Waals surface area contributed by atoms with Crippen molar-refractivity contribution in [1.82, 2.24) is 0 Å². The van der Waals surface area contributed by atoms with Crippen LogP contribution in [-0.2, 0) is 33.0 Å². The second-order valence-electron chi connectivity index (χ2n) is 19.8. The molecular weight excluding hydrogens is 827 g/mol. The van der Waals surface area contributed by atoms with Crippen LogP contribution in [-0.4, -0.2) is 91.0 Å². The molecular formula is C52H57NO10Si. The van der Waals surface area contributed by atoms with E-state index in [2.05, 4.69) is 13.1 Å². The Morgan fingerprint density at radius 1 is 0.828 bits per heavy atom. The average molecular weight is 884 g/mol. The molecule has 1 saturated heterocycles. The van der Waals surface area contributed by atoms with Crippen molar-refractivity contribution in [2.45, 2.75) is 109 Å². The molecule has 1 unspecified atom stereocenters. The summed E-state index contributed by atoms with van der Waals surface area (Å²) in [5.41, 5.74) is -3.54. The Labute approximate surface area is 375 Å². The fourth-order valence-corrected chi connectivity index (χ4v) is 13.8. The maximum absolute atomic E-state index is 15.5. The number of ketones is 1. The molecule has 4 aromatic rings. The van der Waals surface area contributed by atoms with E-state index in [1.165, 1.54) is 0 Å². The lowest BCUT2D eigenvalue weighted by atomic mass is 9.42.